The average molecular weight is 347 g/mol. The molecule has 1 heterocycles. The van der Waals surface area contributed by atoms with Crippen molar-refractivity contribution >= 4 is 34.8 Å². The third kappa shape index (κ3) is 3.72. The summed E-state index contributed by atoms with van der Waals surface area (Å²) >= 11 is 18.7. The zero-order valence-corrected chi connectivity index (χ0v) is 14.3. The first-order valence-electron chi connectivity index (χ1n) is 6.98. The van der Waals surface area contributed by atoms with Crippen LogP contribution in [0, 0.1) is 0 Å². The lowest BCUT2D eigenvalue weighted by molar-refractivity contribution is 0.520. The fraction of sp³-hybridized carbons (Fsp3) is 0.400. The summed E-state index contributed by atoms with van der Waals surface area (Å²) in [6, 6.07) is 5.40. The Kier molecular flexibility index (Phi) is 5.94. The van der Waals surface area contributed by atoms with Crippen LogP contribution in [0.3, 0.4) is 0 Å². The van der Waals surface area contributed by atoms with Crippen molar-refractivity contribution < 1.29 is 0 Å². The molecule has 1 atom stereocenters. The number of aryl methyl sites for hydroxylation is 1. The SMILES string of the molecule is CCCn1ncc(Cl)c1C(NCC)c1ccc(Cl)cc1Cl. The van der Waals surface area contributed by atoms with Crippen LogP contribution in [0.4, 0.5) is 0 Å². The van der Waals surface area contributed by atoms with Crippen molar-refractivity contribution in [2.45, 2.75) is 32.9 Å². The van der Waals surface area contributed by atoms with Gasteiger partial charge in [-0.25, -0.2) is 0 Å². The highest BCUT2D eigenvalue weighted by molar-refractivity contribution is 6.35. The first kappa shape index (κ1) is 16.6. The lowest BCUT2D eigenvalue weighted by Gasteiger charge is -2.21. The van der Waals surface area contributed by atoms with Gasteiger partial charge in [-0.05, 0) is 30.7 Å². The lowest BCUT2D eigenvalue weighted by atomic mass is 10.0. The number of hydrogen-bond acceptors (Lipinski definition) is 2. The minimum Gasteiger partial charge on any atom is -0.305 e. The lowest BCUT2D eigenvalue weighted by Crippen LogP contribution is -2.25. The Labute approximate surface area is 140 Å². The molecule has 3 nitrogen and oxygen atoms in total. The number of halogens is 3. The van der Waals surface area contributed by atoms with Gasteiger partial charge in [0.2, 0.25) is 0 Å². The Bertz CT molecular complexity index is 610. The molecule has 0 saturated heterocycles. The highest BCUT2D eigenvalue weighted by atomic mass is 35.5. The van der Waals surface area contributed by atoms with E-state index in [-0.39, 0.29) is 6.04 Å². The molecule has 21 heavy (non-hydrogen) atoms. The van der Waals surface area contributed by atoms with Crippen LogP contribution < -0.4 is 5.32 Å². The summed E-state index contributed by atoms with van der Waals surface area (Å²) in [5, 5.41) is 9.66. The second kappa shape index (κ2) is 7.50. The van der Waals surface area contributed by atoms with Gasteiger partial charge in [0.1, 0.15) is 0 Å². The third-order valence-electron chi connectivity index (χ3n) is 3.22. The van der Waals surface area contributed by atoms with Crippen LogP contribution in [0.15, 0.2) is 24.4 Å². The molecule has 1 aromatic heterocycles. The zero-order chi connectivity index (χ0) is 15.4. The van der Waals surface area contributed by atoms with Crippen molar-refractivity contribution in [3.63, 3.8) is 0 Å². The molecule has 0 radical (unpaired) electrons. The maximum absolute atomic E-state index is 6.36. The molecule has 0 aliphatic carbocycles. The molecule has 0 amide bonds. The standard InChI is InChI=1S/C15H18Cl3N3/c1-3-7-21-15(13(18)9-20-21)14(19-4-2)11-6-5-10(16)8-12(11)17/h5-6,8-9,14,19H,3-4,7H2,1-2H3. The molecule has 1 N–H and O–H groups in total. The van der Waals surface area contributed by atoms with Crippen molar-refractivity contribution in [2.24, 2.45) is 0 Å². The molecule has 0 aliphatic rings. The zero-order valence-electron chi connectivity index (χ0n) is 12.0. The fourth-order valence-corrected chi connectivity index (χ4v) is 3.11. The van der Waals surface area contributed by atoms with Crippen LogP contribution in [0.25, 0.3) is 0 Å². The molecule has 1 unspecified atom stereocenters. The van der Waals surface area contributed by atoms with Gasteiger partial charge in [-0.3, -0.25) is 4.68 Å². The summed E-state index contributed by atoms with van der Waals surface area (Å²) in [7, 11) is 0. The summed E-state index contributed by atoms with van der Waals surface area (Å²) in [5.74, 6) is 0. The highest BCUT2D eigenvalue weighted by Crippen LogP contribution is 2.33. The first-order chi connectivity index (χ1) is 10.1. The summed E-state index contributed by atoms with van der Waals surface area (Å²) < 4.78 is 1.93. The second-order valence-electron chi connectivity index (χ2n) is 4.76. The van der Waals surface area contributed by atoms with Gasteiger partial charge in [0.05, 0.1) is 23.0 Å². The molecular formula is C15H18Cl3N3. The van der Waals surface area contributed by atoms with E-state index in [4.69, 9.17) is 34.8 Å². The summed E-state index contributed by atoms with van der Waals surface area (Å²) in [6.07, 6.45) is 2.67. The molecule has 2 rings (SSSR count). The normalized spacial score (nSPS) is 12.6. The molecule has 6 heteroatoms. The van der Waals surface area contributed by atoms with Crippen LogP contribution >= 0.6 is 34.8 Å². The number of hydrogen-bond donors (Lipinski definition) is 1. The van der Waals surface area contributed by atoms with Crippen LogP contribution in [0.1, 0.15) is 37.6 Å². The van der Waals surface area contributed by atoms with Crippen LogP contribution in [-0.2, 0) is 6.54 Å². The van der Waals surface area contributed by atoms with Gasteiger partial charge in [-0.1, -0.05) is 54.7 Å². The highest BCUT2D eigenvalue weighted by Gasteiger charge is 2.23. The van der Waals surface area contributed by atoms with Gasteiger partial charge in [0, 0.05) is 16.6 Å². The molecule has 0 saturated carbocycles. The van der Waals surface area contributed by atoms with Crippen molar-refractivity contribution in [1.29, 1.82) is 0 Å². The molecule has 114 valence electrons. The minimum atomic E-state index is -0.110. The predicted molar refractivity (Wildman–Crippen MR) is 89.5 cm³/mol. The number of nitrogens with one attached hydrogen (secondary N) is 1. The fourth-order valence-electron chi connectivity index (χ4n) is 2.34. The van der Waals surface area contributed by atoms with Gasteiger partial charge < -0.3 is 5.32 Å². The van der Waals surface area contributed by atoms with Gasteiger partial charge in [0.15, 0.2) is 0 Å². The molecule has 0 bridgehead atoms. The Morgan fingerprint density at radius 2 is 1.95 bits per heavy atom. The topological polar surface area (TPSA) is 29.9 Å². The van der Waals surface area contributed by atoms with Crippen LogP contribution in [-0.4, -0.2) is 16.3 Å². The van der Waals surface area contributed by atoms with E-state index in [1.165, 1.54) is 0 Å². The average Bonchev–Trinajstić information content (AvgIpc) is 2.79. The number of rotatable bonds is 6. The van der Waals surface area contributed by atoms with Gasteiger partial charge in [-0.15, -0.1) is 0 Å². The summed E-state index contributed by atoms with van der Waals surface area (Å²) in [5.41, 5.74) is 1.88. The van der Waals surface area contributed by atoms with E-state index in [1.54, 1.807) is 12.3 Å². The quantitative estimate of drug-likeness (QED) is 0.802. The second-order valence-corrected chi connectivity index (χ2v) is 6.01. The van der Waals surface area contributed by atoms with Gasteiger partial charge in [-0.2, -0.15) is 5.10 Å². The predicted octanol–water partition coefficient (Wildman–Crippen LogP) is 4.95. The Hall–Kier alpha value is -0.740. The molecule has 2 aromatic rings. The number of aromatic nitrogens is 2. The van der Waals surface area contributed by atoms with Gasteiger partial charge in [0.25, 0.3) is 0 Å². The van der Waals surface area contributed by atoms with Crippen molar-refractivity contribution in [3.8, 4) is 0 Å². The van der Waals surface area contributed by atoms with E-state index in [2.05, 4.69) is 17.3 Å². The Morgan fingerprint density at radius 1 is 1.19 bits per heavy atom. The van der Waals surface area contributed by atoms with E-state index in [0.717, 1.165) is 30.8 Å². The van der Waals surface area contributed by atoms with E-state index >= 15 is 0 Å². The van der Waals surface area contributed by atoms with E-state index in [0.29, 0.717) is 15.1 Å². The molecular weight excluding hydrogens is 329 g/mol. The van der Waals surface area contributed by atoms with Crippen molar-refractivity contribution in [1.82, 2.24) is 15.1 Å². The number of benzene rings is 1. The summed E-state index contributed by atoms with van der Waals surface area (Å²) in [6.45, 7) is 5.76. The molecule has 0 aliphatic heterocycles. The summed E-state index contributed by atoms with van der Waals surface area (Å²) in [4.78, 5) is 0. The van der Waals surface area contributed by atoms with Crippen molar-refractivity contribution in [2.75, 3.05) is 6.54 Å². The van der Waals surface area contributed by atoms with Crippen LogP contribution in [0.2, 0.25) is 15.1 Å². The van der Waals surface area contributed by atoms with E-state index in [9.17, 15) is 0 Å². The molecule has 0 fully saturated rings. The maximum atomic E-state index is 6.36. The minimum absolute atomic E-state index is 0.110. The third-order valence-corrected chi connectivity index (χ3v) is 4.08. The van der Waals surface area contributed by atoms with Gasteiger partial charge >= 0.3 is 0 Å². The van der Waals surface area contributed by atoms with Crippen molar-refractivity contribution in [3.05, 3.63) is 50.7 Å². The van der Waals surface area contributed by atoms with Crippen LogP contribution in [0.5, 0.6) is 0 Å². The molecule has 1 aromatic carbocycles. The smallest absolute Gasteiger partial charge is 0.0837 e. The number of nitrogens with zero attached hydrogens (tertiary/aromatic N) is 2. The molecule has 0 spiro atoms. The van der Waals surface area contributed by atoms with E-state index < -0.39 is 0 Å². The monoisotopic (exact) mass is 345 g/mol. The first-order valence-corrected chi connectivity index (χ1v) is 8.11. The van der Waals surface area contributed by atoms with E-state index in [1.807, 2.05) is 23.7 Å². The Balaban J connectivity index is 2.50. The largest absolute Gasteiger partial charge is 0.305 e. The Morgan fingerprint density at radius 3 is 2.57 bits per heavy atom. The maximum Gasteiger partial charge on any atom is 0.0837 e.